The molecule has 1 aromatic rings. The van der Waals surface area contributed by atoms with Crippen LogP contribution in [0.2, 0.25) is 0 Å². The first-order valence-electron chi connectivity index (χ1n) is 7.03. The molecule has 0 aliphatic carbocycles. The lowest BCUT2D eigenvalue weighted by molar-refractivity contribution is 0.403. The van der Waals surface area contributed by atoms with E-state index in [0.29, 0.717) is 5.92 Å². The summed E-state index contributed by atoms with van der Waals surface area (Å²) in [5.41, 5.74) is 8.78. The number of hydrogen-bond acceptors (Lipinski definition) is 2. The van der Waals surface area contributed by atoms with E-state index in [4.69, 9.17) is 10.5 Å². The molecule has 0 aliphatic heterocycles. The SMILES string of the molecule is CCCCC[C@H](N)c1cc(C(C)C)ccc1OC. The zero-order valence-corrected chi connectivity index (χ0v) is 12.2. The summed E-state index contributed by atoms with van der Waals surface area (Å²) in [6, 6.07) is 6.47. The van der Waals surface area contributed by atoms with E-state index in [1.807, 2.05) is 6.07 Å². The number of hydrogen-bond donors (Lipinski definition) is 1. The van der Waals surface area contributed by atoms with Crippen LogP contribution in [0, 0.1) is 0 Å². The van der Waals surface area contributed by atoms with Gasteiger partial charge in [-0.1, -0.05) is 52.2 Å². The van der Waals surface area contributed by atoms with E-state index in [2.05, 4.69) is 32.9 Å². The average molecular weight is 249 g/mol. The summed E-state index contributed by atoms with van der Waals surface area (Å²) >= 11 is 0. The number of unbranched alkanes of at least 4 members (excludes halogenated alkanes) is 2. The molecule has 0 spiro atoms. The van der Waals surface area contributed by atoms with Crippen molar-refractivity contribution < 1.29 is 4.74 Å². The minimum Gasteiger partial charge on any atom is -0.496 e. The van der Waals surface area contributed by atoms with E-state index in [9.17, 15) is 0 Å². The van der Waals surface area contributed by atoms with E-state index in [-0.39, 0.29) is 6.04 Å². The number of nitrogens with two attached hydrogens (primary N) is 1. The van der Waals surface area contributed by atoms with Crippen LogP contribution in [-0.2, 0) is 0 Å². The second-order valence-corrected chi connectivity index (χ2v) is 5.26. The minimum absolute atomic E-state index is 0.0881. The highest BCUT2D eigenvalue weighted by Gasteiger charge is 2.13. The molecule has 0 aromatic heterocycles. The third-order valence-corrected chi connectivity index (χ3v) is 3.44. The Balaban J connectivity index is 2.85. The molecule has 0 heterocycles. The molecule has 0 amide bonds. The number of ether oxygens (including phenoxy) is 1. The Hall–Kier alpha value is -1.02. The van der Waals surface area contributed by atoms with Gasteiger partial charge in [-0.3, -0.25) is 0 Å². The lowest BCUT2D eigenvalue weighted by Gasteiger charge is -2.18. The van der Waals surface area contributed by atoms with Gasteiger partial charge in [0, 0.05) is 11.6 Å². The molecule has 0 saturated heterocycles. The van der Waals surface area contributed by atoms with Gasteiger partial charge in [0.15, 0.2) is 0 Å². The van der Waals surface area contributed by atoms with Crippen molar-refractivity contribution in [3.05, 3.63) is 29.3 Å². The summed E-state index contributed by atoms with van der Waals surface area (Å²) in [6.45, 7) is 6.62. The lowest BCUT2D eigenvalue weighted by Crippen LogP contribution is -2.12. The van der Waals surface area contributed by atoms with Crippen LogP contribution in [-0.4, -0.2) is 7.11 Å². The van der Waals surface area contributed by atoms with Crippen LogP contribution in [0.15, 0.2) is 18.2 Å². The topological polar surface area (TPSA) is 35.2 Å². The minimum atomic E-state index is 0.0881. The highest BCUT2D eigenvalue weighted by atomic mass is 16.5. The zero-order chi connectivity index (χ0) is 13.5. The Morgan fingerprint density at radius 3 is 2.50 bits per heavy atom. The second-order valence-electron chi connectivity index (χ2n) is 5.26. The van der Waals surface area contributed by atoms with Gasteiger partial charge in [0.25, 0.3) is 0 Å². The highest BCUT2D eigenvalue weighted by molar-refractivity contribution is 5.40. The van der Waals surface area contributed by atoms with E-state index in [1.165, 1.54) is 24.8 Å². The van der Waals surface area contributed by atoms with Crippen LogP contribution in [0.1, 0.15) is 69.5 Å². The van der Waals surface area contributed by atoms with Crippen LogP contribution in [0.5, 0.6) is 5.75 Å². The molecule has 0 unspecified atom stereocenters. The van der Waals surface area contributed by atoms with Gasteiger partial charge in [-0.15, -0.1) is 0 Å². The van der Waals surface area contributed by atoms with Crippen LogP contribution in [0.3, 0.4) is 0 Å². The van der Waals surface area contributed by atoms with E-state index < -0.39 is 0 Å². The Bertz CT molecular complexity index is 360. The van der Waals surface area contributed by atoms with Gasteiger partial charge in [0.05, 0.1) is 7.11 Å². The van der Waals surface area contributed by atoms with Gasteiger partial charge < -0.3 is 10.5 Å². The summed E-state index contributed by atoms with van der Waals surface area (Å²) in [7, 11) is 1.71. The normalized spacial score (nSPS) is 12.8. The molecular formula is C16H27NO. The maximum Gasteiger partial charge on any atom is 0.123 e. The Labute approximate surface area is 112 Å². The largest absolute Gasteiger partial charge is 0.496 e. The lowest BCUT2D eigenvalue weighted by atomic mass is 9.94. The molecule has 1 aromatic carbocycles. The standard InChI is InChI=1S/C16H27NO/c1-5-6-7-8-15(17)14-11-13(12(2)3)9-10-16(14)18-4/h9-12,15H,5-8,17H2,1-4H3/t15-/m0/s1. The van der Waals surface area contributed by atoms with Crippen molar-refractivity contribution in [2.45, 2.75) is 58.4 Å². The van der Waals surface area contributed by atoms with Crippen LogP contribution in [0.25, 0.3) is 0 Å². The van der Waals surface area contributed by atoms with Crippen molar-refractivity contribution in [3.63, 3.8) is 0 Å². The fourth-order valence-corrected chi connectivity index (χ4v) is 2.17. The van der Waals surface area contributed by atoms with Gasteiger partial charge in [0.1, 0.15) is 5.75 Å². The van der Waals surface area contributed by atoms with Crippen LogP contribution < -0.4 is 10.5 Å². The Morgan fingerprint density at radius 2 is 1.94 bits per heavy atom. The van der Waals surface area contributed by atoms with E-state index >= 15 is 0 Å². The van der Waals surface area contributed by atoms with Crippen LogP contribution in [0.4, 0.5) is 0 Å². The molecule has 1 atom stereocenters. The molecule has 102 valence electrons. The average Bonchev–Trinajstić information content (AvgIpc) is 2.38. The molecule has 2 nitrogen and oxygen atoms in total. The second kappa shape index (κ2) is 7.42. The summed E-state index contributed by atoms with van der Waals surface area (Å²) in [5, 5.41) is 0. The van der Waals surface area contributed by atoms with Crippen LogP contribution >= 0.6 is 0 Å². The summed E-state index contributed by atoms with van der Waals surface area (Å²) in [5.74, 6) is 1.45. The fraction of sp³-hybridized carbons (Fsp3) is 0.625. The van der Waals surface area contributed by atoms with Crippen molar-refractivity contribution in [1.82, 2.24) is 0 Å². The van der Waals surface area contributed by atoms with Crippen molar-refractivity contribution >= 4 is 0 Å². The molecule has 1 rings (SSSR count). The molecule has 0 radical (unpaired) electrons. The Kier molecular flexibility index (Phi) is 6.20. The molecule has 0 saturated carbocycles. The van der Waals surface area contributed by atoms with Gasteiger partial charge >= 0.3 is 0 Å². The predicted octanol–water partition coefficient (Wildman–Crippen LogP) is 4.40. The molecule has 0 bridgehead atoms. The summed E-state index contributed by atoms with van der Waals surface area (Å²) in [4.78, 5) is 0. The first-order valence-corrected chi connectivity index (χ1v) is 7.03. The molecular weight excluding hydrogens is 222 g/mol. The van der Waals surface area contributed by atoms with Gasteiger partial charge in [-0.25, -0.2) is 0 Å². The smallest absolute Gasteiger partial charge is 0.123 e. The van der Waals surface area contributed by atoms with Crippen molar-refractivity contribution in [3.8, 4) is 5.75 Å². The molecule has 0 fully saturated rings. The van der Waals surface area contributed by atoms with Gasteiger partial charge in [-0.05, 0) is 24.0 Å². The summed E-state index contributed by atoms with van der Waals surface area (Å²) < 4.78 is 5.43. The maximum absolute atomic E-state index is 6.30. The van der Waals surface area contributed by atoms with Crippen molar-refractivity contribution in [1.29, 1.82) is 0 Å². The third-order valence-electron chi connectivity index (χ3n) is 3.44. The van der Waals surface area contributed by atoms with Crippen molar-refractivity contribution in [2.75, 3.05) is 7.11 Å². The quantitative estimate of drug-likeness (QED) is 0.727. The third kappa shape index (κ3) is 4.02. The fourth-order valence-electron chi connectivity index (χ4n) is 2.17. The molecule has 2 N–H and O–H groups in total. The van der Waals surface area contributed by atoms with E-state index in [1.54, 1.807) is 7.11 Å². The molecule has 2 heteroatoms. The number of rotatable bonds is 7. The number of methoxy groups -OCH3 is 1. The van der Waals surface area contributed by atoms with Crippen molar-refractivity contribution in [2.24, 2.45) is 5.73 Å². The van der Waals surface area contributed by atoms with Gasteiger partial charge in [0.2, 0.25) is 0 Å². The Morgan fingerprint density at radius 1 is 1.22 bits per heavy atom. The highest BCUT2D eigenvalue weighted by Crippen LogP contribution is 2.30. The van der Waals surface area contributed by atoms with E-state index in [0.717, 1.165) is 17.7 Å². The first kappa shape index (κ1) is 15.0. The monoisotopic (exact) mass is 249 g/mol. The molecule has 0 aliphatic rings. The summed E-state index contributed by atoms with van der Waals surface area (Å²) in [6.07, 6.45) is 4.70. The number of benzene rings is 1. The first-order chi connectivity index (χ1) is 8.60. The predicted molar refractivity (Wildman–Crippen MR) is 78.2 cm³/mol. The zero-order valence-electron chi connectivity index (χ0n) is 12.2. The van der Waals surface area contributed by atoms with Gasteiger partial charge in [-0.2, -0.15) is 0 Å². The molecule has 18 heavy (non-hydrogen) atoms. The maximum atomic E-state index is 6.30.